The Morgan fingerprint density at radius 1 is 1.03 bits per heavy atom. The Morgan fingerprint density at radius 3 is 2.47 bits per heavy atom. The second-order valence-corrected chi connectivity index (χ2v) is 7.11. The van der Waals surface area contributed by atoms with Gasteiger partial charge in [-0.1, -0.05) is 30.3 Å². The number of amides is 2. The molecule has 1 aliphatic heterocycles. The molecule has 4 rings (SSSR count). The normalized spacial score (nSPS) is 14.5. The van der Waals surface area contributed by atoms with Gasteiger partial charge in [0.1, 0.15) is 5.75 Å². The molecule has 2 heterocycles. The van der Waals surface area contributed by atoms with Crippen molar-refractivity contribution in [2.24, 2.45) is 0 Å². The van der Waals surface area contributed by atoms with Gasteiger partial charge < -0.3 is 15.0 Å². The third kappa shape index (κ3) is 4.74. The lowest BCUT2D eigenvalue weighted by Gasteiger charge is -2.34. The highest BCUT2D eigenvalue weighted by molar-refractivity contribution is 5.74. The summed E-state index contributed by atoms with van der Waals surface area (Å²) in [5.41, 5.74) is 1.98. The zero-order valence-electron chi connectivity index (χ0n) is 16.9. The summed E-state index contributed by atoms with van der Waals surface area (Å²) in [5, 5.41) is 15.1. The molecule has 0 saturated carbocycles. The maximum Gasteiger partial charge on any atom is 0.317 e. The van der Waals surface area contributed by atoms with Crippen molar-refractivity contribution in [1.29, 1.82) is 0 Å². The number of nitrogens with one attached hydrogen (secondary N) is 1. The van der Waals surface area contributed by atoms with Gasteiger partial charge in [-0.25, -0.2) is 4.79 Å². The lowest BCUT2D eigenvalue weighted by Crippen LogP contribution is -2.51. The van der Waals surface area contributed by atoms with Crippen LogP contribution in [-0.2, 0) is 13.1 Å². The van der Waals surface area contributed by atoms with Gasteiger partial charge in [-0.2, -0.15) is 4.68 Å². The van der Waals surface area contributed by atoms with Crippen LogP contribution in [0.2, 0.25) is 0 Å². The Bertz CT molecular complexity index is 951. The van der Waals surface area contributed by atoms with Gasteiger partial charge in [0, 0.05) is 32.7 Å². The second kappa shape index (κ2) is 9.36. The standard InChI is InChI=1S/C21H25N7O2/c1-30-19-9-7-18(8-10-19)28-20(23-24-25-28)16-26-11-13-27(14-12-26)21(29)22-15-17-5-3-2-4-6-17/h2-10H,11-16H2,1H3,(H,22,29). The van der Waals surface area contributed by atoms with Gasteiger partial charge in [0.2, 0.25) is 0 Å². The van der Waals surface area contributed by atoms with Gasteiger partial charge in [0.25, 0.3) is 0 Å². The van der Waals surface area contributed by atoms with E-state index in [9.17, 15) is 4.79 Å². The second-order valence-electron chi connectivity index (χ2n) is 7.11. The highest BCUT2D eigenvalue weighted by Crippen LogP contribution is 2.16. The number of tetrazole rings is 1. The number of carbonyl (C=O) groups excluding carboxylic acids is 1. The fourth-order valence-corrected chi connectivity index (χ4v) is 3.42. The van der Waals surface area contributed by atoms with Crippen LogP contribution in [0, 0.1) is 0 Å². The van der Waals surface area contributed by atoms with Crippen LogP contribution in [0.1, 0.15) is 11.4 Å². The Balaban J connectivity index is 1.29. The first kappa shape index (κ1) is 19.8. The molecule has 1 fully saturated rings. The molecule has 1 aliphatic rings. The smallest absolute Gasteiger partial charge is 0.317 e. The van der Waals surface area contributed by atoms with Crippen molar-refractivity contribution in [2.45, 2.75) is 13.1 Å². The van der Waals surface area contributed by atoms with E-state index in [2.05, 4.69) is 25.7 Å². The predicted molar refractivity (Wildman–Crippen MR) is 111 cm³/mol. The average molecular weight is 407 g/mol. The summed E-state index contributed by atoms with van der Waals surface area (Å²) in [5.74, 6) is 1.55. The molecule has 0 radical (unpaired) electrons. The van der Waals surface area contributed by atoms with Crippen LogP contribution in [0.15, 0.2) is 54.6 Å². The number of benzene rings is 2. The van der Waals surface area contributed by atoms with E-state index in [1.807, 2.05) is 59.5 Å². The number of methoxy groups -OCH3 is 1. The van der Waals surface area contributed by atoms with E-state index < -0.39 is 0 Å². The Kier molecular flexibility index (Phi) is 6.19. The van der Waals surface area contributed by atoms with Crippen molar-refractivity contribution < 1.29 is 9.53 Å². The molecular weight excluding hydrogens is 382 g/mol. The number of rotatable bonds is 6. The minimum absolute atomic E-state index is 0.0263. The van der Waals surface area contributed by atoms with E-state index in [1.54, 1.807) is 11.8 Å². The van der Waals surface area contributed by atoms with Crippen molar-refractivity contribution >= 4 is 6.03 Å². The average Bonchev–Trinajstić information content (AvgIpc) is 3.27. The predicted octanol–water partition coefficient (Wildman–Crippen LogP) is 1.70. The molecule has 3 aromatic rings. The van der Waals surface area contributed by atoms with Crippen molar-refractivity contribution in [1.82, 2.24) is 35.3 Å². The lowest BCUT2D eigenvalue weighted by atomic mass is 10.2. The molecule has 1 aromatic heterocycles. The first-order chi connectivity index (χ1) is 14.7. The van der Waals surface area contributed by atoms with E-state index in [4.69, 9.17) is 4.74 Å². The van der Waals surface area contributed by atoms with E-state index in [0.29, 0.717) is 26.2 Å². The molecule has 9 heteroatoms. The van der Waals surface area contributed by atoms with Crippen molar-refractivity contribution in [3.8, 4) is 11.4 Å². The molecule has 9 nitrogen and oxygen atoms in total. The monoisotopic (exact) mass is 407 g/mol. The number of ether oxygens (including phenoxy) is 1. The molecule has 0 spiro atoms. The number of urea groups is 1. The molecular formula is C21H25N7O2. The zero-order chi connectivity index (χ0) is 20.8. The van der Waals surface area contributed by atoms with Gasteiger partial charge >= 0.3 is 6.03 Å². The largest absolute Gasteiger partial charge is 0.497 e. The maximum absolute atomic E-state index is 12.4. The third-order valence-electron chi connectivity index (χ3n) is 5.16. The lowest BCUT2D eigenvalue weighted by molar-refractivity contribution is 0.133. The summed E-state index contributed by atoms with van der Waals surface area (Å²) in [7, 11) is 1.64. The molecule has 0 atom stereocenters. The van der Waals surface area contributed by atoms with E-state index in [0.717, 1.165) is 35.9 Å². The van der Waals surface area contributed by atoms with Crippen LogP contribution in [0.25, 0.3) is 5.69 Å². The number of aromatic nitrogens is 4. The van der Waals surface area contributed by atoms with Crippen LogP contribution in [0.4, 0.5) is 4.79 Å². The number of hydrogen-bond donors (Lipinski definition) is 1. The summed E-state index contributed by atoms with van der Waals surface area (Å²) in [4.78, 5) is 16.5. The van der Waals surface area contributed by atoms with Crippen LogP contribution in [0.3, 0.4) is 0 Å². The number of piperazine rings is 1. The van der Waals surface area contributed by atoms with Crippen LogP contribution >= 0.6 is 0 Å². The molecule has 2 amide bonds. The van der Waals surface area contributed by atoms with Gasteiger partial charge in [-0.15, -0.1) is 5.10 Å². The van der Waals surface area contributed by atoms with Gasteiger partial charge in [-0.3, -0.25) is 4.90 Å². The number of nitrogens with zero attached hydrogens (tertiary/aromatic N) is 6. The fraction of sp³-hybridized carbons (Fsp3) is 0.333. The maximum atomic E-state index is 12.4. The minimum atomic E-state index is -0.0263. The van der Waals surface area contributed by atoms with E-state index >= 15 is 0 Å². The molecule has 0 aliphatic carbocycles. The molecule has 156 valence electrons. The van der Waals surface area contributed by atoms with Crippen LogP contribution < -0.4 is 10.1 Å². The highest BCUT2D eigenvalue weighted by atomic mass is 16.5. The molecule has 0 bridgehead atoms. The van der Waals surface area contributed by atoms with Crippen LogP contribution in [0.5, 0.6) is 5.75 Å². The number of hydrogen-bond acceptors (Lipinski definition) is 6. The topological polar surface area (TPSA) is 88.4 Å². The SMILES string of the molecule is COc1ccc(-n2nnnc2CN2CCN(C(=O)NCc3ccccc3)CC2)cc1. The summed E-state index contributed by atoms with van der Waals surface area (Å²) in [6.45, 7) is 4.05. The van der Waals surface area contributed by atoms with E-state index in [1.165, 1.54) is 0 Å². The third-order valence-corrected chi connectivity index (χ3v) is 5.16. The summed E-state index contributed by atoms with van der Waals surface area (Å²) in [6, 6.07) is 17.5. The summed E-state index contributed by atoms with van der Waals surface area (Å²) < 4.78 is 6.94. The minimum Gasteiger partial charge on any atom is -0.497 e. The van der Waals surface area contributed by atoms with Crippen molar-refractivity contribution in [3.05, 3.63) is 66.0 Å². The number of carbonyl (C=O) groups is 1. The van der Waals surface area contributed by atoms with Crippen molar-refractivity contribution in [2.75, 3.05) is 33.3 Å². The Morgan fingerprint density at radius 2 is 1.77 bits per heavy atom. The quantitative estimate of drug-likeness (QED) is 0.669. The molecule has 1 saturated heterocycles. The zero-order valence-corrected chi connectivity index (χ0v) is 16.9. The molecule has 1 N–H and O–H groups in total. The summed E-state index contributed by atoms with van der Waals surface area (Å²) in [6.07, 6.45) is 0. The first-order valence-electron chi connectivity index (χ1n) is 9.93. The Labute approximate surface area is 175 Å². The molecule has 0 unspecified atom stereocenters. The fourth-order valence-electron chi connectivity index (χ4n) is 3.42. The molecule has 30 heavy (non-hydrogen) atoms. The van der Waals surface area contributed by atoms with Crippen molar-refractivity contribution in [3.63, 3.8) is 0 Å². The van der Waals surface area contributed by atoms with E-state index in [-0.39, 0.29) is 6.03 Å². The molecule has 2 aromatic carbocycles. The van der Waals surface area contributed by atoms with Gasteiger partial charge in [0.15, 0.2) is 5.82 Å². The van der Waals surface area contributed by atoms with Crippen LogP contribution in [-0.4, -0.2) is 69.3 Å². The highest BCUT2D eigenvalue weighted by Gasteiger charge is 2.22. The van der Waals surface area contributed by atoms with Gasteiger partial charge in [-0.05, 0) is 40.3 Å². The summed E-state index contributed by atoms with van der Waals surface area (Å²) >= 11 is 0. The van der Waals surface area contributed by atoms with Gasteiger partial charge in [0.05, 0.1) is 19.3 Å². The first-order valence-corrected chi connectivity index (χ1v) is 9.93. The Hall–Kier alpha value is -3.46.